The minimum atomic E-state index is -0.608. The van der Waals surface area contributed by atoms with Crippen molar-refractivity contribution in [2.45, 2.75) is 77.4 Å². The van der Waals surface area contributed by atoms with Crippen molar-refractivity contribution in [1.29, 1.82) is 0 Å². The maximum absolute atomic E-state index is 11.7. The maximum Gasteiger partial charge on any atom is 0.237 e. The SMILES string of the molecule is CCNC(C)(CC(C)N(C)C1CCCC(C)C1)C(N)=O. The molecule has 0 bridgehead atoms. The van der Waals surface area contributed by atoms with Crippen molar-refractivity contribution in [3.8, 4) is 0 Å². The summed E-state index contributed by atoms with van der Waals surface area (Å²) in [6.07, 6.45) is 5.99. The van der Waals surface area contributed by atoms with Gasteiger partial charge in [0, 0.05) is 12.1 Å². The molecule has 0 aromatic rings. The van der Waals surface area contributed by atoms with Crippen LogP contribution in [0.1, 0.15) is 59.8 Å². The summed E-state index contributed by atoms with van der Waals surface area (Å²) in [6, 6.07) is 0.995. The van der Waals surface area contributed by atoms with Gasteiger partial charge in [-0.2, -0.15) is 0 Å². The van der Waals surface area contributed by atoms with Gasteiger partial charge in [-0.1, -0.05) is 26.7 Å². The molecule has 0 aliphatic heterocycles. The summed E-state index contributed by atoms with van der Waals surface area (Å²) in [5, 5.41) is 3.25. The zero-order chi connectivity index (χ0) is 15.3. The number of likely N-dealkylation sites (N-methyl/N-ethyl adjacent to an activating group) is 1. The van der Waals surface area contributed by atoms with Crippen molar-refractivity contribution in [3.05, 3.63) is 0 Å². The monoisotopic (exact) mass is 283 g/mol. The van der Waals surface area contributed by atoms with Crippen LogP contribution in [0.2, 0.25) is 0 Å². The molecule has 118 valence electrons. The van der Waals surface area contributed by atoms with Gasteiger partial charge in [-0.15, -0.1) is 0 Å². The lowest BCUT2D eigenvalue weighted by molar-refractivity contribution is -0.124. The van der Waals surface area contributed by atoms with E-state index in [0.717, 1.165) is 18.9 Å². The zero-order valence-electron chi connectivity index (χ0n) is 13.9. The number of hydrogen-bond acceptors (Lipinski definition) is 3. The maximum atomic E-state index is 11.7. The fourth-order valence-electron chi connectivity index (χ4n) is 3.52. The van der Waals surface area contributed by atoms with Crippen LogP contribution < -0.4 is 11.1 Å². The van der Waals surface area contributed by atoms with Crippen LogP contribution in [0.5, 0.6) is 0 Å². The van der Waals surface area contributed by atoms with E-state index in [-0.39, 0.29) is 5.91 Å². The van der Waals surface area contributed by atoms with Crippen LogP contribution in [-0.2, 0) is 4.79 Å². The summed E-state index contributed by atoms with van der Waals surface area (Å²) in [5.41, 5.74) is 4.98. The van der Waals surface area contributed by atoms with E-state index >= 15 is 0 Å². The zero-order valence-corrected chi connectivity index (χ0v) is 13.9. The number of carbonyl (C=O) groups excluding carboxylic acids is 1. The van der Waals surface area contributed by atoms with Crippen molar-refractivity contribution in [1.82, 2.24) is 10.2 Å². The van der Waals surface area contributed by atoms with Gasteiger partial charge in [-0.3, -0.25) is 4.79 Å². The first-order chi connectivity index (χ1) is 9.30. The lowest BCUT2D eigenvalue weighted by Crippen LogP contribution is -2.56. The Bertz CT molecular complexity index is 321. The van der Waals surface area contributed by atoms with Gasteiger partial charge < -0.3 is 16.0 Å². The Morgan fingerprint density at radius 3 is 2.65 bits per heavy atom. The molecule has 0 radical (unpaired) electrons. The molecule has 1 fully saturated rings. The Kier molecular flexibility index (Phi) is 6.46. The number of nitrogens with zero attached hydrogens (tertiary/aromatic N) is 1. The summed E-state index contributed by atoms with van der Waals surface area (Å²) in [7, 11) is 2.20. The second-order valence-electron chi connectivity index (χ2n) is 6.87. The number of nitrogens with one attached hydrogen (secondary N) is 1. The Balaban J connectivity index is 2.63. The molecule has 0 heterocycles. The van der Waals surface area contributed by atoms with Crippen LogP contribution in [0.3, 0.4) is 0 Å². The number of hydrogen-bond donors (Lipinski definition) is 2. The number of nitrogens with two attached hydrogens (primary N) is 1. The average Bonchev–Trinajstić information content (AvgIpc) is 2.37. The molecule has 1 amide bonds. The first-order valence-electron chi connectivity index (χ1n) is 8.07. The van der Waals surface area contributed by atoms with E-state index in [4.69, 9.17) is 5.73 Å². The molecule has 0 aromatic carbocycles. The highest BCUT2D eigenvalue weighted by Crippen LogP contribution is 2.29. The van der Waals surface area contributed by atoms with Crippen LogP contribution in [0.15, 0.2) is 0 Å². The molecule has 1 saturated carbocycles. The highest BCUT2D eigenvalue weighted by Gasteiger charge is 2.34. The molecule has 4 atom stereocenters. The van der Waals surface area contributed by atoms with E-state index in [1.54, 1.807) is 0 Å². The topological polar surface area (TPSA) is 58.4 Å². The molecule has 3 N–H and O–H groups in total. The van der Waals surface area contributed by atoms with Crippen LogP contribution >= 0.6 is 0 Å². The van der Waals surface area contributed by atoms with Gasteiger partial charge in [0.15, 0.2) is 0 Å². The second kappa shape index (κ2) is 7.41. The van der Waals surface area contributed by atoms with E-state index in [1.165, 1.54) is 25.7 Å². The molecule has 20 heavy (non-hydrogen) atoms. The third-order valence-electron chi connectivity index (χ3n) is 4.99. The molecule has 4 nitrogen and oxygen atoms in total. The van der Waals surface area contributed by atoms with E-state index in [2.05, 4.69) is 31.1 Å². The normalized spacial score (nSPS) is 28.1. The molecular formula is C16H33N3O. The summed E-state index contributed by atoms with van der Waals surface area (Å²) in [4.78, 5) is 14.2. The first-order valence-corrected chi connectivity index (χ1v) is 8.07. The minimum Gasteiger partial charge on any atom is -0.368 e. The minimum absolute atomic E-state index is 0.253. The van der Waals surface area contributed by atoms with Crippen LogP contribution in [0.25, 0.3) is 0 Å². The fourth-order valence-corrected chi connectivity index (χ4v) is 3.52. The number of rotatable bonds is 7. The van der Waals surface area contributed by atoms with Gasteiger partial charge in [0.2, 0.25) is 5.91 Å². The predicted octanol–water partition coefficient (Wildman–Crippen LogP) is 2.13. The Hall–Kier alpha value is -0.610. The van der Waals surface area contributed by atoms with Crippen LogP contribution in [0, 0.1) is 5.92 Å². The summed E-state index contributed by atoms with van der Waals surface area (Å²) in [5.74, 6) is 0.566. The average molecular weight is 283 g/mol. The fraction of sp³-hybridized carbons (Fsp3) is 0.938. The Labute approximate surface area is 124 Å². The number of primary amides is 1. The molecule has 1 aliphatic carbocycles. The molecule has 4 unspecified atom stereocenters. The molecule has 0 saturated heterocycles. The highest BCUT2D eigenvalue weighted by molar-refractivity contribution is 5.84. The van der Waals surface area contributed by atoms with Gasteiger partial charge in [0.25, 0.3) is 0 Å². The van der Waals surface area contributed by atoms with E-state index in [1.807, 2.05) is 13.8 Å². The van der Waals surface area contributed by atoms with Crippen molar-refractivity contribution in [3.63, 3.8) is 0 Å². The summed E-state index contributed by atoms with van der Waals surface area (Å²) in [6.45, 7) is 9.25. The van der Waals surface area contributed by atoms with E-state index in [9.17, 15) is 4.79 Å². The van der Waals surface area contributed by atoms with Gasteiger partial charge in [-0.05, 0) is 52.6 Å². The lowest BCUT2D eigenvalue weighted by atomic mass is 9.84. The Morgan fingerprint density at radius 1 is 1.50 bits per heavy atom. The quantitative estimate of drug-likeness (QED) is 0.752. The van der Waals surface area contributed by atoms with Crippen molar-refractivity contribution >= 4 is 5.91 Å². The Morgan fingerprint density at radius 2 is 2.15 bits per heavy atom. The van der Waals surface area contributed by atoms with Crippen molar-refractivity contribution in [2.24, 2.45) is 11.7 Å². The molecule has 0 spiro atoms. The van der Waals surface area contributed by atoms with E-state index < -0.39 is 5.54 Å². The second-order valence-corrected chi connectivity index (χ2v) is 6.87. The lowest BCUT2D eigenvalue weighted by Gasteiger charge is -2.40. The van der Waals surface area contributed by atoms with Gasteiger partial charge in [0.1, 0.15) is 0 Å². The molecule has 1 aliphatic rings. The van der Waals surface area contributed by atoms with Crippen molar-refractivity contribution in [2.75, 3.05) is 13.6 Å². The van der Waals surface area contributed by atoms with Crippen LogP contribution in [-0.4, -0.2) is 42.0 Å². The first kappa shape index (κ1) is 17.4. The van der Waals surface area contributed by atoms with Gasteiger partial charge in [-0.25, -0.2) is 0 Å². The molecule has 1 rings (SSSR count). The third kappa shape index (κ3) is 4.45. The molecule has 4 heteroatoms. The summed E-state index contributed by atoms with van der Waals surface area (Å²) >= 11 is 0. The smallest absolute Gasteiger partial charge is 0.237 e. The summed E-state index contributed by atoms with van der Waals surface area (Å²) < 4.78 is 0. The standard InChI is InChI=1S/C16H33N3O/c1-6-18-16(4,15(17)20)11-13(3)19(5)14-9-7-8-12(2)10-14/h12-14,18H,6-11H2,1-5H3,(H2,17,20). The number of amides is 1. The molecule has 0 aromatic heterocycles. The number of carbonyl (C=O) groups is 1. The van der Waals surface area contributed by atoms with Gasteiger partial charge >= 0.3 is 0 Å². The van der Waals surface area contributed by atoms with Gasteiger partial charge in [0.05, 0.1) is 5.54 Å². The largest absolute Gasteiger partial charge is 0.368 e. The van der Waals surface area contributed by atoms with E-state index in [0.29, 0.717) is 12.1 Å². The third-order valence-corrected chi connectivity index (χ3v) is 4.99. The highest BCUT2D eigenvalue weighted by atomic mass is 16.1. The van der Waals surface area contributed by atoms with Crippen molar-refractivity contribution < 1.29 is 4.79 Å². The van der Waals surface area contributed by atoms with Crippen LogP contribution in [0.4, 0.5) is 0 Å². The molecular weight excluding hydrogens is 250 g/mol. The predicted molar refractivity (Wildman–Crippen MR) is 84.5 cm³/mol.